The highest BCUT2D eigenvalue weighted by Crippen LogP contribution is 2.44. The SMILES string of the molecule is CC1=Nc2cc(C3=C(c4ccc(CC5CCCC5)cc4)c4ccc(N)cc4CCC3)ccc2C1S. The molecule has 3 heteroatoms. The van der Waals surface area contributed by atoms with Crippen LogP contribution in [-0.4, -0.2) is 5.71 Å². The van der Waals surface area contributed by atoms with Crippen LogP contribution >= 0.6 is 12.6 Å². The van der Waals surface area contributed by atoms with Crippen LogP contribution < -0.4 is 5.73 Å². The van der Waals surface area contributed by atoms with Crippen LogP contribution in [0.2, 0.25) is 0 Å². The molecule has 0 aromatic heterocycles. The normalized spacial score (nSPS) is 19.9. The molecular formula is C32H34N2S. The van der Waals surface area contributed by atoms with Gasteiger partial charge in [0.15, 0.2) is 0 Å². The summed E-state index contributed by atoms with van der Waals surface area (Å²) in [6, 6.07) is 22.7. The van der Waals surface area contributed by atoms with Gasteiger partial charge >= 0.3 is 0 Å². The van der Waals surface area contributed by atoms with Crippen LogP contribution in [0.4, 0.5) is 11.4 Å². The molecule has 1 fully saturated rings. The van der Waals surface area contributed by atoms with E-state index in [1.807, 2.05) is 0 Å². The van der Waals surface area contributed by atoms with Crippen LogP contribution in [0.15, 0.2) is 65.7 Å². The average Bonchev–Trinajstić information content (AvgIpc) is 3.42. The zero-order chi connectivity index (χ0) is 23.9. The van der Waals surface area contributed by atoms with E-state index in [0.717, 1.165) is 42.3 Å². The third-order valence-corrected chi connectivity index (χ3v) is 8.83. The van der Waals surface area contributed by atoms with Crippen molar-refractivity contribution in [3.8, 4) is 0 Å². The van der Waals surface area contributed by atoms with Gasteiger partial charge in [0.25, 0.3) is 0 Å². The Labute approximate surface area is 214 Å². The van der Waals surface area contributed by atoms with E-state index in [4.69, 9.17) is 23.4 Å². The Balaban J connectivity index is 1.47. The lowest BCUT2D eigenvalue weighted by molar-refractivity contribution is 0.546. The van der Waals surface area contributed by atoms with Gasteiger partial charge in [0.2, 0.25) is 0 Å². The summed E-state index contributed by atoms with van der Waals surface area (Å²) in [7, 11) is 0. The fourth-order valence-electron chi connectivity index (χ4n) is 6.32. The molecule has 3 aliphatic rings. The third-order valence-electron chi connectivity index (χ3n) is 8.18. The smallest absolute Gasteiger partial charge is 0.0682 e. The number of hydrogen-bond acceptors (Lipinski definition) is 3. The zero-order valence-electron chi connectivity index (χ0n) is 20.6. The molecule has 1 saturated carbocycles. The Morgan fingerprint density at radius 2 is 1.66 bits per heavy atom. The van der Waals surface area contributed by atoms with Crippen molar-refractivity contribution in [2.75, 3.05) is 5.73 Å². The summed E-state index contributed by atoms with van der Waals surface area (Å²) in [5.41, 5.74) is 19.9. The minimum absolute atomic E-state index is 0.109. The molecule has 0 spiro atoms. The van der Waals surface area contributed by atoms with E-state index in [-0.39, 0.29) is 5.25 Å². The molecule has 0 bridgehead atoms. The first kappa shape index (κ1) is 22.7. The van der Waals surface area contributed by atoms with Crippen LogP contribution in [-0.2, 0) is 12.8 Å². The molecule has 1 unspecified atom stereocenters. The number of fused-ring (bicyclic) bond motifs is 2. The molecule has 0 saturated heterocycles. The number of hydrogen-bond donors (Lipinski definition) is 2. The Bertz CT molecular complexity index is 1330. The van der Waals surface area contributed by atoms with Crippen molar-refractivity contribution in [1.29, 1.82) is 0 Å². The van der Waals surface area contributed by atoms with Gasteiger partial charge in [0.05, 0.1) is 10.9 Å². The van der Waals surface area contributed by atoms with Gasteiger partial charge in [-0.3, -0.25) is 4.99 Å². The number of rotatable bonds is 4. The Hall–Kier alpha value is -2.78. The van der Waals surface area contributed by atoms with Gasteiger partial charge in [-0.2, -0.15) is 12.6 Å². The van der Waals surface area contributed by atoms with Crippen LogP contribution in [0.25, 0.3) is 11.1 Å². The predicted molar refractivity (Wildman–Crippen MR) is 153 cm³/mol. The van der Waals surface area contributed by atoms with Crippen molar-refractivity contribution >= 4 is 40.9 Å². The highest BCUT2D eigenvalue weighted by atomic mass is 32.1. The van der Waals surface area contributed by atoms with E-state index in [0.29, 0.717) is 0 Å². The molecule has 2 nitrogen and oxygen atoms in total. The monoisotopic (exact) mass is 478 g/mol. The number of nitrogens with zero attached hydrogens (tertiary/aromatic N) is 1. The predicted octanol–water partition coefficient (Wildman–Crippen LogP) is 8.37. The lowest BCUT2D eigenvalue weighted by Crippen LogP contribution is -2.00. The van der Waals surface area contributed by atoms with Crippen molar-refractivity contribution in [1.82, 2.24) is 0 Å². The molecule has 2 aliphatic carbocycles. The molecule has 1 atom stereocenters. The summed E-state index contributed by atoms with van der Waals surface area (Å²) in [5, 5.41) is 0.109. The maximum atomic E-state index is 6.21. The van der Waals surface area contributed by atoms with Crippen LogP contribution in [0.5, 0.6) is 0 Å². The van der Waals surface area contributed by atoms with Crippen molar-refractivity contribution in [3.63, 3.8) is 0 Å². The van der Waals surface area contributed by atoms with Crippen LogP contribution in [0, 0.1) is 5.92 Å². The molecule has 3 aromatic rings. The molecular weight excluding hydrogens is 444 g/mol. The molecule has 178 valence electrons. The van der Waals surface area contributed by atoms with Gasteiger partial charge in [0.1, 0.15) is 0 Å². The number of nitrogen functional groups attached to an aromatic ring is 1. The van der Waals surface area contributed by atoms with Crippen LogP contribution in [0.1, 0.15) is 84.1 Å². The summed E-state index contributed by atoms with van der Waals surface area (Å²) in [6.07, 6.45) is 10.00. The van der Waals surface area contributed by atoms with Gasteiger partial charge in [-0.05, 0) is 101 Å². The second-order valence-electron chi connectivity index (χ2n) is 10.6. The van der Waals surface area contributed by atoms with E-state index in [2.05, 4.69) is 67.6 Å². The highest BCUT2D eigenvalue weighted by molar-refractivity contribution is 7.81. The van der Waals surface area contributed by atoms with Gasteiger partial charge in [-0.25, -0.2) is 0 Å². The molecule has 1 heterocycles. The Morgan fingerprint density at radius 3 is 2.46 bits per heavy atom. The summed E-state index contributed by atoms with van der Waals surface area (Å²) in [5.74, 6) is 0.864. The quantitative estimate of drug-likeness (QED) is 0.287. The fraction of sp³-hybridized carbons (Fsp3) is 0.344. The number of thiol groups is 1. The number of aliphatic imine (C=N–C) groups is 1. The number of aryl methyl sites for hydroxylation is 1. The second kappa shape index (κ2) is 9.35. The van der Waals surface area contributed by atoms with E-state index >= 15 is 0 Å². The van der Waals surface area contributed by atoms with Crippen molar-refractivity contribution in [2.45, 2.75) is 63.5 Å². The highest BCUT2D eigenvalue weighted by Gasteiger charge is 2.24. The van der Waals surface area contributed by atoms with Gasteiger partial charge in [-0.15, -0.1) is 0 Å². The largest absolute Gasteiger partial charge is 0.399 e. The first-order valence-electron chi connectivity index (χ1n) is 13.2. The Kier molecular flexibility index (Phi) is 6.06. The van der Waals surface area contributed by atoms with Gasteiger partial charge < -0.3 is 5.73 Å². The lowest BCUT2D eigenvalue weighted by Gasteiger charge is -2.18. The summed E-state index contributed by atoms with van der Waals surface area (Å²) >= 11 is 4.76. The lowest BCUT2D eigenvalue weighted by atomic mass is 9.86. The van der Waals surface area contributed by atoms with E-state index in [1.165, 1.54) is 76.6 Å². The molecule has 0 amide bonds. The zero-order valence-corrected chi connectivity index (χ0v) is 21.5. The standard InChI is InChI=1S/C32H34N2S/c1-20-32(35)29-15-13-25(19-30(29)34-20)27-8-4-7-24-18-26(33)14-16-28(24)31(27)23-11-9-22(10-12-23)17-21-5-2-3-6-21/h9-16,18-19,21,32,35H,2-8,17,33H2,1H3. The molecule has 0 radical (unpaired) electrons. The molecule has 2 N–H and O–H groups in total. The topological polar surface area (TPSA) is 38.4 Å². The summed E-state index contributed by atoms with van der Waals surface area (Å²) in [4.78, 5) is 4.83. The van der Waals surface area contributed by atoms with E-state index in [9.17, 15) is 0 Å². The van der Waals surface area contributed by atoms with Crippen molar-refractivity contribution < 1.29 is 0 Å². The summed E-state index contributed by atoms with van der Waals surface area (Å²) < 4.78 is 0. The maximum absolute atomic E-state index is 6.21. The van der Waals surface area contributed by atoms with Crippen molar-refractivity contribution in [2.24, 2.45) is 10.9 Å². The minimum Gasteiger partial charge on any atom is -0.399 e. The number of allylic oxidation sites excluding steroid dienone is 1. The number of nitrogens with two attached hydrogens (primary N) is 1. The molecule has 3 aromatic carbocycles. The minimum atomic E-state index is 0.109. The molecule has 1 aliphatic heterocycles. The second-order valence-corrected chi connectivity index (χ2v) is 11.1. The van der Waals surface area contributed by atoms with Crippen molar-refractivity contribution in [3.05, 3.63) is 94.0 Å². The Morgan fingerprint density at radius 1 is 0.886 bits per heavy atom. The first-order chi connectivity index (χ1) is 17.1. The third kappa shape index (κ3) is 4.36. The maximum Gasteiger partial charge on any atom is 0.0682 e. The van der Waals surface area contributed by atoms with Gasteiger partial charge in [0, 0.05) is 11.4 Å². The van der Waals surface area contributed by atoms with Gasteiger partial charge in [-0.1, -0.05) is 68.1 Å². The summed E-state index contributed by atoms with van der Waals surface area (Å²) in [6.45, 7) is 2.07. The molecule has 35 heavy (non-hydrogen) atoms. The van der Waals surface area contributed by atoms with Crippen LogP contribution in [0.3, 0.4) is 0 Å². The number of anilines is 1. The van der Waals surface area contributed by atoms with E-state index < -0.39 is 0 Å². The average molecular weight is 479 g/mol. The first-order valence-corrected chi connectivity index (χ1v) is 13.7. The van der Waals surface area contributed by atoms with E-state index in [1.54, 1.807) is 0 Å². The fourth-order valence-corrected chi connectivity index (χ4v) is 6.59. The molecule has 6 rings (SSSR count). The number of benzene rings is 3.